The summed E-state index contributed by atoms with van der Waals surface area (Å²) < 4.78 is 4.30. The fourth-order valence-electron chi connectivity index (χ4n) is 2.23. The van der Waals surface area contributed by atoms with Crippen molar-refractivity contribution >= 4 is 23.2 Å². The van der Waals surface area contributed by atoms with Gasteiger partial charge in [-0.25, -0.2) is 9.13 Å². The fourth-order valence-corrected chi connectivity index (χ4v) is 2.48. The van der Waals surface area contributed by atoms with Gasteiger partial charge in [-0.15, -0.1) is 0 Å². The van der Waals surface area contributed by atoms with E-state index in [0.717, 1.165) is 23.1 Å². The van der Waals surface area contributed by atoms with Gasteiger partial charge in [-0.3, -0.25) is 0 Å². The molecule has 1 aromatic heterocycles. The molecule has 0 bridgehead atoms. The van der Waals surface area contributed by atoms with E-state index in [4.69, 9.17) is 23.2 Å². The van der Waals surface area contributed by atoms with E-state index >= 15 is 0 Å². The van der Waals surface area contributed by atoms with Gasteiger partial charge in [0.05, 0.1) is 0 Å². The lowest BCUT2D eigenvalue weighted by atomic mass is 10.2. The molecule has 0 saturated carbocycles. The van der Waals surface area contributed by atoms with Crippen LogP contribution in [0.4, 0.5) is 0 Å². The number of hydrogen-bond donors (Lipinski definition) is 0. The Balaban J connectivity index is 0.00000176. The van der Waals surface area contributed by atoms with Crippen LogP contribution in [0.15, 0.2) is 67.3 Å². The Morgan fingerprint density at radius 2 is 1.36 bits per heavy atom. The van der Waals surface area contributed by atoms with Gasteiger partial charge in [0, 0.05) is 10.0 Å². The standard InChI is InChI=1S/C17H15Cl2N2.ClH/c18-16-5-1-14(2-6-16)11-20-9-10-21(13-20)12-15-3-7-17(19)8-4-15;/h1-10,13H,11-12H2;1H/q+1;/p-1. The SMILES string of the molecule is Clc1ccc(Cn2cc[n+](Cc3ccc(Cl)cc3)c2)cc1.[Cl-]. The molecule has 3 aromatic rings. The Hall–Kier alpha value is -1.48. The second-order valence-electron chi connectivity index (χ2n) is 5.01. The molecule has 0 atom stereocenters. The molecule has 0 amide bonds. The maximum atomic E-state index is 5.90. The molecule has 0 radical (unpaired) electrons. The molecular weight excluding hydrogens is 339 g/mol. The molecule has 0 saturated heterocycles. The summed E-state index contributed by atoms with van der Waals surface area (Å²) in [5.74, 6) is 0. The molecule has 0 fully saturated rings. The van der Waals surface area contributed by atoms with E-state index < -0.39 is 0 Å². The van der Waals surface area contributed by atoms with Gasteiger partial charge in [0.25, 0.3) is 0 Å². The van der Waals surface area contributed by atoms with Crippen LogP contribution in [0.2, 0.25) is 10.0 Å². The molecule has 0 spiro atoms. The van der Waals surface area contributed by atoms with Crippen molar-refractivity contribution in [1.29, 1.82) is 0 Å². The molecule has 22 heavy (non-hydrogen) atoms. The van der Waals surface area contributed by atoms with Gasteiger partial charge in [-0.2, -0.15) is 0 Å². The van der Waals surface area contributed by atoms with Crippen LogP contribution in [0, 0.1) is 0 Å². The Kier molecular flexibility index (Phi) is 5.90. The number of aromatic nitrogens is 2. The van der Waals surface area contributed by atoms with Crippen molar-refractivity contribution in [3.05, 3.63) is 88.4 Å². The van der Waals surface area contributed by atoms with Gasteiger partial charge in [-0.1, -0.05) is 47.5 Å². The zero-order valence-corrected chi connectivity index (χ0v) is 14.1. The normalized spacial score (nSPS) is 10.3. The molecule has 0 aliphatic rings. The predicted octanol–water partition coefficient (Wildman–Crippen LogP) is 1.18. The van der Waals surface area contributed by atoms with Crippen LogP contribution in [-0.4, -0.2) is 4.57 Å². The summed E-state index contributed by atoms with van der Waals surface area (Å²) in [6.07, 6.45) is 6.25. The van der Waals surface area contributed by atoms with Crippen molar-refractivity contribution in [2.24, 2.45) is 0 Å². The van der Waals surface area contributed by atoms with Gasteiger partial charge in [0.2, 0.25) is 6.33 Å². The molecule has 5 heteroatoms. The first-order valence-corrected chi connectivity index (χ1v) is 7.48. The monoisotopic (exact) mass is 352 g/mol. The van der Waals surface area contributed by atoms with Crippen LogP contribution in [0.5, 0.6) is 0 Å². The van der Waals surface area contributed by atoms with Gasteiger partial charge in [0.15, 0.2) is 0 Å². The van der Waals surface area contributed by atoms with Crippen molar-refractivity contribution in [2.75, 3.05) is 0 Å². The van der Waals surface area contributed by atoms with E-state index in [9.17, 15) is 0 Å². The summed E-state index contributed by atoms with van der Waals surface area (Å²) in [6.45, 7) is 1.68. The minimum absolute atomic E-state index is 0. The lowest BCUT2D eigenvalue weighted by Gasteiger charge is -1.99. The molecule has 114 valence electrons. The number of nitrogens with zero attached hydrogens (tertiary/aromatic N) is 2. The van der Waals surface area contributed by atoms with Crippen LogP contribution in [0.25, 0.3) is 0 Å². The van der Waals surface area contributed by atoms with Gasteiger partial charge >= 0.3 is 0 Å². The van der Waals surface area contributed by atoms with Crippen LogP contribution < -0.4 is 17.0 Å². The van der Waals surface area contributed by atoms with Crippen molar-refractivity contribution in [3.8, 4) is 0 Å². The molecule has 0 unspecified atom stereocenters. The van der Waals surface area contributed by atoms with Crippen LogP contribution in [-0.2, 0) is 13.1 Å². The topological polar surface area (TPSA) is 8.81 Å². The van der Waals surface area contributed by atoms with Crippen LogP contribution in [0.1, 0.15) is 11.1 Å². The maximum Gasteiger partial charge on any atom is 0.244 e. The predicted molar refractivity (Wildman–Crippen MR) is 85.7 cm³/mol. The van der Waals surface area contributed by atoms with Gasteiger partial charge in [0.1, 0.15) is 25.5 Å². The van der Waals surface area contributed by atoms with Gasteiger partial charge < -0.3 is 12.4 Å². The lowest BCUT2D eigenvalue weighted by Crippen LogP contribution is -3.00. The Morgan fingerprint density at radius 1 is 0.818 bits per heavy atom. The number of rotatable bonds is 4. The highest BCUT2D eigenvalue weighted by Crippen LogP contribution is 2.11. The van der Waals surface area contributed by atoms with Crippen molar-refractivity contribution in [1.82, 2.24) is 4.57 Å². The van der Waals surface area contributed by atoms with E-state index in [2.05, 4.69) is 27.9 Å². The third kappa shape index (κ3) is 4.51. The zero-order valence-electron chi connectivity index (χ0n) is 11.8. The van der Waals surface area contributed by atoms with E-state index in [1.807, 2.05) is 48.5 Å². The van der Waals surface area contributed by atoms with E-state index in [1.165, 1.54) is 11.1 Å². The Morgan fingerprint density at radius 3 is 1.95 bits per heavy atom. The van der Waals surface area contributed by atoms with Crippen LogP contribution in [0.3, 0.4) is 0 Å². The quantitative estimate of drug-likeness (QED) is 0.623. The second kappa shape index (κ2) is 7.68. The van der Waals surface area contributed by atoms with Crippen molar-refractivity contribution in [3.63, 3.8) is 0 Å². The van der Waals surface area contributed by atoms with Gasteiger partial charge in [-0.05, 0) is 35.4 Å². The highest BCUT2D eigenvalue weighted by atomic mass is 35.5. The third-order valence-electron chi connectivity index (χ3n) is 3.30. The van der Waals surface area contributed by atoms with E-state index in [-0.39, 0.29) is 12.4 Å². The summed E-state index contributed by atoms with van der Waals surface area (Å²) in [5, 5.41) is 1.54. The fraction of sp³-hybridized carbons (Fsp3) is 0.118. The number of hydrogen-bond acceptors (Lipinski definition) is 0. The summed E-state index contributed by atoms with van der Waals surface area (Å²) in [6, 6.07) is 15.9. The first-order valence-electron chi connectivity index (χ1n) is 6.73. The second-order valence-corrected chi connectivity index (χ2v) is 5.88. The molecule has 2 nitrogen and oxygen atoms in total. The molecule has 1 heterocycles. The molecule has 0 aliphatic heterocycles. The number of benzene rings is 2. The van der Waals surface area contributed by atoms with Crippen molar-refractivity contribution < 1.29 is 17.0 Å². The average molecular weight is 354 g/mol. The molecule has 0 N–H and O–H groups in total. The Bertz CT molecular complexity index is 656. The molecular formula is C17H15Cl3N2. The molecule has 2 aromatic carbocycles. The highest BCUT2D eigenvalue weighted by molar-refractivity contribution is 6.30. The first kappa shape index (κ1) is 16.9. The first-order chi connectivity index (χ1) is 10.2. The largest absolute Gasteiger partial charge is 1.00 e. The summed E-state index contributed by atoms with van der Waals surface area (Å²) in [7, 11) is 0. The summed E-state index contributed by atoms with van der Waals surface area (Å²) in [4.78, 5) is 0. The average Bonchev–Trinajstić information content (AvgIpc) is 2.91. The highest BCUT2D eigenvalue weighted by Gasteiger charge is 2.05. The smallest absolute Gasteiger partial charge is 0.244 e. The number of halogens is 3. The molecule has 0 aliphatic carbocycles. The van der Waals surface area contributed by atoms with Crippen molar-refractivity contribution in [2.45, 2.75) is 13.1 Å². The van der Waals surface area contributed by atoms with E-state index in [0.29, 0.717) is 0 Å². The minimum atomic E-state index is 0. The number of imidazole rings is 1. The third-order valence-corrected chi connectivity index (χ3v) is 3.81. The summed E-state index contributed by atoms with van der Waals surface area (Å²) in [5.41, 5.74) is 2.46. The minimum Gasteiger partial charge on any atom is -1.00 e. The summed E-state index contributed by atoms with van der Waals surface area (Å²) >= 11 is 11.8. The Labute approximate surface area is 146 Å². The lowest BCUT2D eigenvalue weighted by molar-refractivity contribution is -0.687. The maximum absolute atomic E-state index is 5.90. The van der Waals surface area contributed by atoms with E-state index in [1.54, 1.807) is 0 Å². The van der Waals surface area contributed by atoms with Crippen LogP contribution >= 0.6 is 23.2 Å². The zero-order chi connectivity index (χ0) is 14.7. The molecule has 3 rings (SSSR count).